The normalized spacial score (nSPS) is 15.5. The summed E-state index contributed by atoms with van der Waals surface area (Å²) in [5, 5.41) is 0. The summed E-state index contributed by atoms with van der Waals surface area (Å²) >= 11 is 1.75. The van der Waals surface area contributed by atoms with Gasteiger partial charge >= 0.3 is 0 Å². The van der Waals surface area contributed by atoms with E-state index in [1.54, 1.807) is 18.7 Å². The summed E-state index contributed by atoms with van der Waals surface area (Å²) in [6.45, 7) is 3.32. The first-order valence-electron chi connectivity index (χ1n) is 5.62. The smallest absolute Gasteiger partial charge is 0.219 e. The molecule has 0 radical (unpaired) electrons. The lowest BCUT2D eigenvalue weighted by atomic mass is 10.0. The van der Waals surface area contributed by atoms with Crippen molar-refractivity contribution in [2.45, 2.75) is 31.2 Å². The molecule has 0 aromatic heterocycles. The fourth-order valence-corrected chi connectivity index (χ4v) is 2.60. The van der Waals surface area contributed by atoms with Crippen LogP contribution in [0.25, 0.3) is 0 Å². The van der Waals surface area contributed by atoms with Crippen molar-refractivity contribution in [3.63, 3.8) is 0 Å². The average molecular weight is 235 g/mol. The summed E-state index contributed by atoms with van der Waals surface area (Å²) in [6, 6.07) is 6.61. The van der Waals surface area contributed by atoms with Gasteiger partial charge in [-0.1, -0.05) is 6.07 Å². The highest BCUT2D eigenvalue weighted by atomic mass is 32.2. The molecule has 0 bridgehead atoms. The zero-order chi connectivity index (χ0) is 11.5. The van der Waals surface area contributed by atoms with Crippen molar-refractivity contribution < 1.29 is 4.79 Å². The van der Waals surface area contributed by atoms with Crippen molar-refractivity contribution in [2.75, 3.05) is 12.8 Å². The Morgan fingerprint density at radius 1 is 1.38 bits per heavy atom. The molecule has 1 amide bonds. The van der Waals surface area contributed by atoms with Crippen molar-refractivity contribution in [3.05, 3.63) is 29.3 Å². The quantitative estimate of drug-likeness (QED) is 0.698. The fourth-order valence-electron chi connectivity index (χ4n) is 2.13. The van der Waals surface area contributed by atoms with Gasteiger partial charge in [0.2, 0.25) is 5.91 Å². The Hall–Kier alpha value is -0.960. The number of carbonyl (C=O) groups is 1. The minimum Gasteiger partial charge on any atom is -0.339 e. The van der Waals surface area contributed by atoms with Crippen LogP contribution in [0, 0.1) is 0 Å². The van der Waals surface area contributed by atoms with Crippen molar-refractivity contribution >= 4 is 17.7 Å². The maximum absolute atomic E-state index is 11.4. The van der Waals surface area contributed by atoms with Gasteiger partial charge in [-0.05, 0) is 42.4 Å². The van der Waals surface area contributed by atoms with Gasteiger partial charge in [-0.15, -0.1) is 11.8 Å². The highest BCUT2D eigenvalue weighted by Crippen LogP contribution is 2.24. The summed E-state index contributed by atoms with van der Waals surface area (Å²) in [6.07, 6.45) is 4.25. The average Bonchev–Trinajstić information content (AvgIpc) is 2.49. The Labute approximate surface area is 101 Å². The first kappa shape index (κ1) is 11.5. The predicted molar refractivity (Wildman–Crippen MR) is 67.6 cm³/mol. The number of amides is 1. The number of benzene rings is 1. The van der Waals surface area contributed by atoms with Gasteiger partial charge in [0, 0.05) is 24.9 Å². The van der Waals surface area contributed by atoms with Gasteiger partial charge in [0.25, 0.3) is 0 Å². The van der Waals surface area contributed by atoms with E-state index in [1.165, 1.54) is 16.0 Å². The maximum atomic E-state index is 11.4. The Bertz CT molecular complexity index is 403. The first-order chi connectivity index (χ1) is 7.70. The van der Waals surface area contributed by atoms with Crippen LogP contribution in [0.2, 0.25) is 0 Å². The highest BCUT2D eigenvalue weighted by Gasteiger charge is 2.16. The number of carbonyl (C=O) groups excluding carboxylic acids is 1. The topological polar surface area (TPSA) is 20.3 Å². The maximum Gasteiger partial charge on any atom is 0.219 e. The molecule has 3 heteroatoms. The molecule has 0 saturated carbocycles. The van der Waals surface area contributed by atoms with E-state index < -0.39 is 0 Å². The number of rotatable bonds is 1. The van der Waals surface area contributed by atoms with E-state index in [0.29, 0.717) is 0 Å². The highest BCUT2D eigenvalue weighted by molar-refractivity contribution is 7.98. The molecule has 0 atom stereocenters. The predicted octanol–water partition coefficient (Wildman–Crippen LogP) is 2.70. The van der Waals surface area contributed by atoms with Crippen molar-refractivity contribution in [3.8, 4) is 0 Å². The lowest BCUT2D eigenvalue weighted by Crippen LogP contribution is -2.28. The third-order valence-electron chi connectivity index (χ3n) is 3.09. The van der Waals surface area contributed by atoms with Crippen LogP contribution in [0.4, 0.5) is 0 Å². The van der Waals surface area contributed by atoms with E-state index in [4.69, 9.17) is 0 Å². The van der Waals surface area contributed by atoms with E-state index in [0.717, 1.165) is 25.9 Å². The second-order valence-electron chi connectivity index (χ2n) is 4.18. The lowest BCUT2D eigenvalue weighted by molar-refractivity contribution is -0.129. The van der Waals surface area contributed by atoms with Crippen molar-refractivity contribution in [2.24, 2.45) is 0 Å². The van der Waals surface area contributed by atoms with Crippen LogP contribution in [0.1, 0.15) is 24.5 Å². The van der Waals surface area contributed by atoms with E-state index in [9.17, 15) is 4.79 Å². The molecule has 2 rings (SSSR count). The van der Waals surface area contributed by atoms with Gasteiger partial charge in [0.15, 0.2) is 0 Å². The monoisotopic (exact) mass is 235 g/mol. The Morgan fingerprint density at radius 2 is 2.19 bits per heavy atom. The third-order valence-corrected chi connectivity index (χ3v) is 3.82. The second kappa shape index (κ2) is 4.91. The van der Waals surface area contributed by atoms with Crippen LogP contribution in [0.3, 0.4) is 0 Å². The Morgan fingerprint density at radius 3 is 2.88 bits per heavy atom. The molecule has 1 aliphatic rings. The molecule has 1 aromatic rings. The zero-order valence-corrected chi connectivity index (χ0v) is 10.6. The minimum absolute atomic E-state index is 0.183. The molecule has 0 unspecified atom stereocenters. The van der Waals surface area contributed by atoms with Crippen molar-refractivity contribution in [1.82, 2.24) is 4.90 Å². The van der Waals surface area contributed by atoms with Crippen LogP contribution in [0.5, 0.6) is 0 Å². The standard InChI is InChI=1S/C13H17NOS/c1-10(15)14-7-3-4-11-5-6-13(16-2)8-12(11)9-14/h5-6,8H,3-4,7,9H2,1-2H3. The summed E-state index contributed by atoms with van der Waals surface area (Å²) in [4.78, 5) is 14.7. The van der Waals surface area contributed by atoms with Gasteiger partial charge < -0.3 is 4.90 Å². The van der Waals surface area contributed by atoms with Crippen molar-refractivity contribution in [1.29, 1.82) is 0 Å². The summed E-state index contributed by atoms with van der Waals surface area (Å²) < 4.78 is 0. The zero-order valence-electron chi connectivity index (χ0n) is 9.82. The van der Waals surface area contributed by atoms with Crippen LogP contribution in [-0.2, 0) is 17.8 Å². The van der Waals surface area contributed by atoms with E-state index in [1.807, 2.05) is 4.90 Å². The molecule has 86 valence electrons. The number of thioether (sulfide) groups is 1. The van der Waals surface area contributed by atoms with E-state index in [2.05, 4.69) is 24.5 Å². The van der Waals surface area contributed by atoms with Crippen LogP contribution < -0.4 is 0 Å². The minimum atomic E-state index is 0.183. The van der Waals surface area contributed by atoms with E-state index in [-0.39, 0.29) is 5.91 Å². The van der Waals surface area contributed by atoms with Gasteiger partial charge in [-0.2, -0.15) is 0 Å². The molecule has 1 aromatic carbocycles. The fraction of sp³-hybridized carbons (Fsp3) is 0.462. The second-order valence-corrected chi connectivity index (χ2v) is 5.06. The van der Waals surface area contributed by atoms with Gasteiger partial charge in [0.1, 0.15) is 0 Å². The number of hydrogen-bond acceptors (Lipinski definition) is 2. The Balaban J connectivity index is 2.30. The Kier molecular flexibility index (Phi) is 3.54. The molecule has 0 fully saturated rings. The van der Waals surface area contributed by atoms with E-state index >= 15 is 0 Å². The number of aryl methyl sites for hydroxylation is 1. The summed E-state index contributed by atoms with van der Waals surface area (Å²) in [7, 11) is 0. The van der Waals surface area contributed by atoms with Crippen LogP contribution >= 0.6 is 11.8 Å². The molecular weight excluding hydrogens is 218 g/mol. The molecule has 0 N–H and O–H groups in total. The van der Waals surface area contributed by atoms with Gasteiger partial charge in [0.05, 0.1) is 0 Å². The first-order valence-corrected chi connectivity index (χ1v) is 6.84. The largest absolute Gasteiger partial charge is 0.339 e. The van der Waals surface area contributed by atoms with Gasteiger partial charge in [-0.3, -0.25) is 4.79 Å². The molecular formula is C13H17NOS. The SMILES string of the molecule is CSc1ccc2c(c1)CN(C(C)=O)CCC2. The number of nitrogens with zero attached hydrogens (tertiary/aromatic N) is 1. The molecule has 0 spiro atoms. The molecule has 0 aliphatic carbocycles. The molecule has 2 nitrogen and oxygen atoms in total. The van der Waals surface area contributed by atoms with Crippen LogP contribution in [0.15, 0.2) is 23.1 Å². The number of fused-ring (bicyclic) bond motifs is 1. The third kappa shape index (κ3) is 2.40. The molecule has 1 aliphatic heterocycles. The molecule has 0 saturated heterocycles. The molecule has 1 heterocycles. The molecule has 16 heavy (non-hydrogen) atoms. The van der Waals surface area contributed by atoms with Gasteiger partial charge in [-0.25, -0.2) is 0 Å². The lowest BCUT2D eigenvalue weighted by Gasteiger charge is -2.18. The summed E-state index contributed by atoms with van der Waals surface area (Å²) in [5.74, 6) is 0.183. The van der Waals surface area contributed by atoms with Crippen LogP contribution in [-0.4, -0.2) is 23.6 Å². The number of hydrogen-bond donors (Lipinski definition) is 0. The summed E-state index contributed by atoms with van der Waals surface area (Å²) in [5.41, 5.74) is 2.72.